The minimum Gasteiger partial charge on any atom is -0.324 e. The minimum absolute atomic E-state index is 0.0679. The normalized spacial score (nSPS) is 10.6. The Balaban J connectivity index is 2.22. The first-order valence-electron chi connectivity index (χ1n) is 8.22. The number of anilines is 2. The molecule has 2 rings (SSSR count). The molecule has 0 atom stereocenters. The standard InChI is InChI=1S/C20H23ClN2O2/c1-13(2)18-10-5-7-14(3)20(18)22-19(25)12-23(15(4)24)17-9-6-8-16(21)11-17/h5-11,13H,12H2,1-4H3,(H,22,25). The molecule has 0 fully saturated rings. The van der Waals surface area contributed by atoms with E-state index >= 15 is 0 Å². The molecule has 0 bridgehead atoms. The van der Waals surface area contributed by atoms with E-state index < -0.39 is 0 Å². The number of benzene rings is 2. The molecule has 0 spiro atoms. The lowest BCUT2D eigenvalue weighted by Gasteiger charge is -2.22. The fraction of sp³-hybridized carbons (Fsp3) is 0.300. The van der Waals surface area contributed by atoms with Crippen molar-refractivity contribution in [1.29, 1.82) is 0 Å². The molecule has 25 heavy (non-hydrogen) atoms. The maximum atomic E-state index is 12.6. The number of nitrogens with zero attached hydrogens (tertiary/aromatic N) is 1. The van der Waals surface area contributed by atoms with Crippen molar-refractivity contribution in [2.24, 2.45) is 0 Å². The van der Waals surface area contributed by atoms with Gasteiger partial charge in [0.05, 0.1) is 0 Å². The fourth-order valence-corrected chi connectivity index (χ4v) is 2.88. The van der Waals surface area contributed by atoms with Crippen LogP contribution in [0.25, 0.3) is 0 Å². The van der Waals surface area contributed by atoms with Gasteiger partial charge in [0.1, 0.15) is 6.54 Å². The first-order valence-corrected chi connectivity index (χ1v) is 8.60. The summed E-state index contributed by atoms with van der Waals surface area (Å²) in [5.41, 5.74) is 3.49. The second-order valence-electron chi connectivity index (χ2n) is 6.33. The predicted molar refractivity (Wildman–Crippen MR) is 103 cm³/mol. The summed E-state index contributed by atoms with van der Waals surface area (Å²) in [4.78, 5) is 26.0. The zero-order chi connectivity index (χ0) is 18.6. The van der Waals surface area contributed by atoms with Gasteiger partial charge >= 0.3 is 0 Å². The molecule has 0 aliphatic carbocycles. The van der Waals surface area contributed by atoms with Gasteiger partial charge in [-0.05, 0) is 42.2 Å². The van der Waals surface area contributed by atoms with Gasteiger partial charge in [-0.3, -0.25) is 9.59 Å². The highest BCUT2D eigenvalue weighted by Crippen LogP contribution is 2.27. The van der Waals surface area contributed by atoms with Crippen molar-refractivity contribution in [3.8, 4) is 0 Å². The number of para-hydroxylation sites is 1. The number of aryl methyl sites for hydroxylation is 1. The third-order valence-corrected chi connectivity index (χ3v) is 4.23. The molecule has 5 heteroatoms. The topological polar surface area (TPSA) is 49.4 Å². The quantitative estimate of drug-likeness (QED) is 0.837. The Morgan fingerprint density at radius 2 is 1.84 bits per heavy atom. The Kier molecular flexibility index (Phi) is 6.21. The van der Waals surface area contributed by atoms with E-state index in [4.69, 9.17) is 11.6 Å². The molecule has 0 unspecified atom stereocenters. The predicted octanol–water partition coefficient (Wildman–Crippen LogP) is 4.76. The van der Waals surface area contributed by atoms with Crippen LogP contribution in [0, 0.1) is 6.92 Å². The van der Waals surface area contributed by atoms with Gasteiger partial charge in [0.15, 0.2) is 0 Å². The average molecular weight is 359 g/mol. The Morgan fingerprint density at radius 1 is 1.16 bits per heavy atom. The maximum absolute atomic E-state index is 12.6. The molecule has 2 amide bonds. The van der Waals surface area contributed by atoms with Crippen LogP contribution in [-0.4, -0.2) is 18.4 Å². The van der Waals surface area contributed by atoms with Gasteiger partial charge in [0, 0.05) is 23.3 Å². The highest BCUT2D eigenvalue weighted by Gasteiger charge is 2.18. The molecule has 2 aromatic rings. The molecule has 4 nitrogen and oxygen atoms in total. The number of amides is 2. The summed E-state index contributed by atoms with van der Waals surface area (Å²) in [6, 6.07) is 12.9. The van der Waals surface area contributed by atoms with E-state index in [-0.39, 0.29) is 24.3 Å². The molecule has 0 radical (unpaired) electrons. The SMILES string of the molecule is CC(=O)N(CC(=O)Nc1c(C)cccc1C(C)C)c1cccc(Cl)c1. The molecule has 0 heterocycles. The van der Waals surface area contributed by atoms with Gasteiger partial charge < -0.3 is 10.2 Å². The lowest BCUT2D eigenvalue weighted by Crippen LogP contribution is -2.37. The minimum atomic E-state index is -0.244. The van der Waals surface area contributed by atoms with Crippen LogP contribution in [0.1, 0.15) is 37.8 Å². The number of nitrogens with one attached hydrogen (secondary N) is 1. The summed E-state index contributed by atoms with van der Waals surface area (Å²) in [6.45, 7) is 7.49. The third-order valence-electron chi connectivity index (χ3n) is 3.99. The van der Waals surface area contributed by atoms with Crippen LogP contribution in [0.15, 0.2) is 42.5 Å². The Labute approximate surface area is 153 Å². The Hall–Kier alpha value is -2.33. The van der Waals surface area contributed by atoms with E-state index in [2.05, 4.69) is 19.2 Å². The first kappa shape index (κ1) is 19.0. The van der Waals surface area contributed by atoms with Crippen molar-refractivity contribution in [2.45, 2.75) is 33.6 Å². The summed E-state index contributed by atoms with van der Waals surface area (Å²) in [5, 5.41) is 3.48. The van der Waals surface area contributed by atoms with E-state index in [0.717, 1.165) is 16.8 Å². The van der Waals surface area contributed by atoms with E-state index in [1.54, 1.807) is 24.3 Å². The number of carbonyl (C=O) groups is 2. The molecule has 0 saturated carbocycles. The van der Waals surface area contributed by atoms with Crippen LogP contribution < -0.4 is 10.2 Å². The molecule has 132 valence electrons. The molecule has 0 saturated heterocycles. The van der Waals surface area contributed by atoms with Crippen molar-refractivity contribution in [1.82, 2.24) is 0 Å². The third kappa shape index (κ3) is 4.83. The van der Waals surface area contributed by atoms with Crippen molar-refractivity contribution in [2.75, 3.05) is 16.8 Å². The molecular weight excluding hydrogens is 336 g/mol. The lowest BCUT2D eigenvalue weighted by molar-refractivity contribution is -0.120. The van der Waals surface area contributed by atoms with Crippen molar-refractivity contribution in [3.63, 3.8) is 0 Å². The van der Waals surface area contributed by atoms with Gasteiger partial charge in [-0.25, -0.2) is 0 Å². The highest BCUT2D eigenvalue weighted by molar-refractivity contribution is 6.31. The molecule has 2 aromatic carbocycles. The van der Waals surface area contributed by atoms with Gasteiger partial charge in [0.25, 0.3) is 0 Å². The molecule has 0 aliphatic heterocycles. The Morgan fingerprint density at radius 3 is 2.44 bits per heavy atom. The van der Waals surface area contributed by atoms with Gasteiger partial charge in [-0.15, -0.1) is 0 Å². The van der Waals surface area contributed by atoms with E-state index in [9.17, 15) is 9.59 Å². The van der Waals surface area contributed by atoms with Crippen LogP contribution in [0.5, 0.6) is 0 Å². The van der Waals surface area contributed by atoms with Crippen LogP contribution in [-0.2, 0) is 9.59 Å². The van der Waals surface area contributed by atoms with Crippen LogP contribution in [0.3, 0.4) is 0 Å². The number of rotatable bonds is 5. The smallest absolute Gasteiger partial charge is 0.244 e. The van der Waals surface area contributed by atoms with Crippen LogP contribution >= 0.6 is 11.6 Å². The fourth-order valence-electron chi connectivity index (χ4n) is 2.69. The summed E-state index contributed by atoms with van der Waals surface area (Å²) in [6.07, 6.45) is 0. The first-order chi connectivity index (χ1) is 11.8. The monoisotopic (exact) mass is 358 g/mol. The van der Waals surface area contributed by atoms with Crippen molar-refractivity contribution < 1.29 is 9.59 Å². The molecule has 1 N–H and O–H groups in total. The lowest BCUT2D eigenvalue weighted by atomic mass is 9.98. The summed E-state index contributed by atoms with van der Waals surface area (Å²) >= 11 is 6.00. The van der Waals surface area contributed by atoms with E-state index in [0.29, 0.717) is 10.7 Å². The number of halogens is 1. The number of hydrogen-bond acceptors (Lipinski definition) is 2. The average Bonchev–Trinajstić information content (AvgIpc) is 2.54. The summed E-state index contributed by atoms with van der Waals surface area (Å²) in [7, 11) is 0. The van der Waals surface area contributed by atoms with Gasteiger partial charge in [0.2, 0.25) is 11.8 Å². The number of hydrogen-bond donors (Lipinski definition) is 1. The van der Waals surface area contributed by atoms with Gasteiger partial charge in [-0.1, -0.05) is 49.7 Å². The highest BCUT2D eigenvalue weighted by atomic mass is 35.5. The van der Waals surface area contributed by atoms with Crippen LogP contribution in [0.4, 0.5) is 11.4 Å². The molecular formula is C20H23ClN2O2. The van der Waals surface area contributed by atoms with Gasteiger partial charge in [-0.2, -0.15) is 0 Å². The van der Waals surface area contributed by atoms with Crippen molar-refractivity contribution in [3.05, 3.63) is 58.6 Å². The molecule has 0 aromatic heterocycles. The van der Waals surface area contributed by atoms with E-state index in [1.165, 1.54) is 11.8 Å². The van der Waals surface area contributed by atoms with Crippen molar-refractivity contribution >= 4 is 34.8 Å². The summed E-state index contributed by atoms with van der Waals surface area (Å²) < 4.78 is 0. The second kappa shape index (κ2) is 8.17. The van der Waals surface area contributed by atoms with Crippen LogP contribution in [0.2, 0.25) is 5.02 Å². The molecule has 0 aliphatic rings. The zero-order valence-corrected chi connectivity index (χ0v) is 15.7. The second-order valence-corrected chi connectivity index (χ2v) is 6.76. The largest absolute Gasteiger partial charge is 0.324 e. The maximum Gasteiger partial charge on any atom is 0.244 e. The zero-order valence-electron chi connectivity index (χ0n) is 15.0. The number of carbonyl (C=O) groups excluding carboxylic acids is 2. The summed E-state index contributed by atoms with van der Waals surface area (Å²) in [5.74, 6) is -0.176. The Bertz CT molecular complexity index is 787. The van der Waals surface area contributed by atoms with E-state index in [1.807, 2.05) is 25.1 Å².